The van der Waals surface area contributed by atoms with E-state index in [-0.39, 0.29) is 19.1 Å². The standard InChI is InChI=1S/C20H26O6/c1-4-6-19(17(21)22)12(3)8-13-9-15-16(26-11-25-15)10-14(13)20(19,7-5-2)18(23)24/h9-10,12H,4-8,11H2,1-3H3,(H,21,22)(H,23,24). The zero-order valence-corrected chi connectivity index (χ0v) is 15.5. The summed E-state index contributed by atoms with van der Waals surface area (Å²) in [5, 5.41) is 20.7. The molecule has 1 aromatic rings. The second-order valence-electron chi connectivity index (χ2n) is 7.45. The van der Waals surface area contributed by atoms with E-state index in [4.69, 9.17) is 9.47 Å². The van der Waals surface area contributed by atoms with Crippen molar-refractivity contribution in [1.29, 1.82) is 0 Å². The summed E-state index contributed by atoms with van der Waals surface area (Å²) in [5.41, 5.74) is -1.42. The molecule has 26 heavy (non-hydrogen) atoms. The molecule has 0 aromatic heterocycles. The van der Waals surface area contributed by atoms with Gasteiger partial charge in [0.05, 0.1) is 5.41 Å². The van der Waals surface area contributed by atoms with Gasteiger partial charge in [-0.15, -0.1) is 0 Å². The molecule has 0 saturated heterocycles. The van der Waals surface area contributed by atoms with Crippen molar-refractivity contribution >= 4 is 11.9 Å². The number of benzene rings is 1. The number of ether oxygens (including phenoxy) is 2. The van der Waals surface area contributed by atoms with Crippen LogP contribution in [0.4, 0.5) is 0 Å². The highest BCUT2D eigenvalue weighted by Crippen LogP contribution is 2.59. The van der Waals surface area contributed by atoms with Gasteiger partial charge in [-0.25, -0.2) is 0 Å². The number of carboxylic acid groups (broad SMARTS) is 2. The van der Waals surface area contributed by atoms with Gasteiger partial charge < -0.3 is 19.7 Å². The normalized spacial score (nSPS) is 29.3. The van der Waals surface area contributed by atoms with Crippen LogP contribution in [0.5, 0.6) is 11.5 Å². The van der Waals surface area contributed by atoms with Crippen molar-refractivity contribution in [1.82, 2.24) is 0 Å². The quantitative estimate of drug-likeness (QED) is 0.803. The molecule has 1 aliphatic carbocycles. The van der Waals surface area contributed by atoms with Gasteiger partial charge in [0.1, 0.15) is 5.41 Å². The molecule has 6 heteroatoms. The maximum atomic E-state index is 12.7. The minimum atomic E-state index is -1.49. The topological polar surface area (TPSA) is 93.1 Å². The zero-order chi connectivity index (χ0) is 19.1. The molecule has 0 fully saturated rings. The molecule has 1 aliphatic heterocycles. The van der Waals surface area contributed by atoms with E-state index in [2.05, 4.69) is 0 Å². The number of aliphatic carboxylic acids is 2. The van der Waals surface area contributed by atoms with Gasteiger partial charge in [0.25, 0.3) is 0 Å². The first kappa shape index (κ1) is 18.5. The minimum absolute atomic E-state index is 0.0979. The van der Waals surface area contributed by atoms with Crippen LogP contribution < -0.4 is 9.47 Å². The highest BCUT2D eigenvalue weighted by molar-refractivity contribution is 5.93. The molecule has 0 amide bonds. The third-order valence-corrected chi connectivity index (χ3v) is 6.20. The van der Waals surface area contributed by atoms with Crippen LogP contribution >= 0.6 is 0 Å². The van der Waals surface area contributed by atoms with Crippen LogP contribution in [0.1, 0.15) is 57.6 Å². The smallest absolute Gasteiger partial charge is 0.315 e. The Bertz CT molecular complexity index is 742. The van der Waals surface area contributed by atoms with Crippen molar-refractivity contribution in [3.8, 4) is 11.5 Å². The first-order chi connectivity index (χ1) is 12.3. The van der Waals surface area contributed by atoms with Crippen molar-refractivity contribution in [2.75, 3.05) is 6.79 Å². The molecule has 0 spiro atoms. The second-order valence-corrected chi connectivity index (χ2v) is 7.45. The van der Waals surface area contributed by atoms with Crippen LogP contribution in [0.25, 0.3) is 0 Å². The first-order valence-corrected chi connectivity index (χ1v) is 9.24. The summed E-state index contributed by atoms with van der Waals surface area (Å²) in [6.45, 7) is 5.77. The monoisotopic (exact) mass is 362 g/mol. The largest absolute Gasteiger partial charge is 0.481 e. The van der Waals surface area contributed by atoms with E-state index in [9.17, 15) is 19.8 Å². The number of hydrogen-bond acceptors (Lipinski definition) is 4. The lowest BCUT2D eigenvalue weighted by molar-refractivity contribution is -0.174. The Hall–Kier alpha value is -2.24. The predicted molar refractivity (Wildman–Crippen MR) is 94.6 cm³/mol. The number of carbonyl (C=O) groups is 2. The summed E-state index contributed by atoms with van der Waals surface area (Å²) in [7, 11) is 0. The van der Waals surface area contributed by atoms with Gasteiger partial charge in [-0.1, -0.05) is 33.6 Å². The molecule has 0 bridgehead atoms. The molecule has 142 valence electrons. The van der Waals surface area contributed by atoms with Gasteiger partial charge in [0, 0.05) is 0 Å². The second kappa shape index (κ2) is 6.49. The van der Waals surface area contributed by atoms with Gasteiger partial charge >= 0.3 is 11.9 Å². The number of rotatable bonds is 6. The lowest BCUT2D eigenvalue weighted by Gasteiger charge is -2.53. The van der Waals surface area contributed by atoms with Crippen LogP contribution in [-0.2, 0) is 21.4 Å². The van der Waals surface area contributed by atoms with E-state index in [1.807, 2.05) is 26.8 Å². The Labute approximate surface area is 153 Å². The van der Waals surface area contributed by atoms with Crippen LogP contribution in [0.3, 0.4) is 0 Å². The van der Waals surface area contributed by atoms with Crippen molar-refractivity contribution in [3.05, 3.63) is 23.3 Å². The first-order valence-electron chi connectivity index (χ1n) is 9.24. The Balaban J connectivity index is 2.37. The van der Waals surface area contributed by atoms with Crippen LogP contribution in [-0.4, -0.2) is 28.9 Å². The molecule has 3 rings (SSSR count). The van der Waals surface area contributed by atoms with E-state index < -0.39 is 22.8 Å². The van der Waals surface area contributed by atoms with E-state index >= 15 is 0 Å². The molecular formula is C20H26O6. The Kier molecular flexibility index (Phi) is 4.63. The summed E-state index contributed by atoms with van der Waals surface area (Å²) < 4.78 is 10.9. The fraction of sp³-hybridized carbons (Fsp3) is 0.600. The molecule has 1 aromatic carbocycles. The lowest BCUT2D eigenvalue weighted by Crippen LogP contribution is -2.61. The maximum absolute atomic E-state index is 12.7. The van der Waals surface area contributed by atoms with Gasteiger partial charge in [0.2, 0.25) is 6.79 Å². The van der Waals surface area contributed by atoms with Crippen molar-refractivity contribution in [2.24, 2.45) is 11.3 Å². The van der Waals surface area contributed by atoms with Gasteiger partial charge in [-0.05, 0) is 48.4 Å². The van der Waals surface area contributed by atoms with Crippen molar-refractivity contribution in [2.45, 2.75) is 58.3 Å². The zero-order valence-electron chi connectivity index (χ0n) is 15.5. The summed E-state index contributed by atoms with van der Waals surface area (Å²) in [5.74, 6) is -1.30. The fourth-order valence-electron chi connectivity index (χ4n) is 5.22. The maximum Gasteiger partial charge on any atom is 0.315 e. The Morgan fingerprint density at radius 2 is 1.69 bits per heavy atom. The molecular weight excluding hydrogens is 336 g/mol. The van der Waals surface area contributed by atoms with Crippen LogP contribution in [0, 0.1) is 11.3 Å². The summed E-state index contributed by atoms with van der Waals surface area (Å²) >= 11 is 0. The molecule has 2 aliphatic rings. The highest BCUT2D eigenvalue weighted by atomic mass is 16.7. The third kappa shape index (κ3) is 2.24. The SMILES string of the molecule is CCCC1(C(=O)O)c2cc3c(cc2CC(C)C1(CCC)C(=O)O)OCO3. The molecule has 0 saturated carbocycles. The van der Waals surface area contributed by atoms with E-state index in [1.54, 1.807) is 6.07 Å². The average molecular weight is 362 g/mol. The number of carboxylic acids is 2. The summed E-state index contributed by atoms with van der Waals surface area (Å²) in [6.07, 6.45) is 2.28. The van der Waals surface area contributed by atoms with E-state index in [0.717, 1.165) is 5.56 Å². The Morgan fingerprint density at radius 3 is 2.23 bits per heavy atom. The summed E-state index contributed by atoms with van der Waals surface area (Å²) in [6, 6.07) is 3.54. The molecule has 1 heterocycles. The summed E-state index contributed by atoms with van der Waals surface area (Å²) in [4.78, 5) is 25.3. The molecule has 6 nitrogen and oxygen atoms in total. The van der Waals surface area contributed by atoms with Gasteiger partial charge in [-0.2, -0.15) is 0 Å². The van der Waals surface area contributed by atoms with Crippen LogP contribution in [0.15, 0.2) is 12.1 Å². The third-order valence-electron chi connectivity index (χ3n) is 6.20. The predicted octanol–water partition coefficient (Wildman–Crippen LogP) is 3.60. The van der Waals surface area contributed by atoms with Crippen molar-refractivity contribution in [3.63, 3.8) is 0 Å². The number of fused-ring (bicyclic) bond motifs is 2. The molecule has 2 N–H and O–H groups in total. The number of hydrogen-bond donors (Lipinski definition) is 2. The van der Waals surface area contributed by atoms with Gasteiger partial charge in [0.15, 0.2) is 11.5 Å². The molecule has 3 atom stereocenters. The van der Waals surface area contributed by atoms with E-state index in [1.165, 1.54) is 0 Å². The average Bonchev–Trinajstić information content (AvgIpc) is 3.03. The van der Waals surface area contributed by atoms with Gasteiger partial charge in [-0.3, -0.25) is 9.59 Å². The highest BCUT2D eigenvalue weighted by Gasteiger charge is 2.66. The lowest BCUT2D eigenvalue weighted by atomic mass is 9.47. The minimum Gasteiger partial charge on any atom is -0.481 e. The van der Waals surface area contributed by atoms with E-state index in [0.29, 0.717) is 42.7 Å². The fourth-order valence-corrected chi connectivity index (χ4v) is 5.22. The Morgan fingerprint density at radius 1 is 1.08 bits per heavy atom. The van der Waals surface area contributed by atoms with Crippen LogP contribution in [0.2, 0.25) is 0 Å². The van der Waals surface area contributed by atoms with Crippen molar-refractivity contribution < 1.29 is 29.3 Å². The molecule has 3 unspecified atom stereocenters. The molecule has 0 radical (unpaired) electrons.